The molecule has 0 aromatic heterocycles. The Bertz CT molecular complexity index is 482. The number of rotatable bonds is 6. The summed E-state index contributed by atoms with van der Waals surface area (Å²) in [5.41, 5.74) is 0. The number of carbonyl (C=O) groups excluding carboxylic acids is 3. The normalized spacial score (nSPS) is 22.6. The van der Waals surface area contributed by atoms with Crippen molar-refractivity contribution in [3.8, 4) is 0 Å². The largest absolute Gasteiger partial charge is 0.353 e. The van der Waals surface area contributed by atoms with Gasteiger partial charge >= 0.3 is 0 Å². The number of carbonyl (C=O) groups is 3. The van der Waals surface area contributed by atoms with Crippen molar-refractivity contribution in [2.45, 2.75) is 63.8 Å². The van der Waals surface area contributed by atoms with E-state index < -0.39 is 0 Å². The van der Waals surface area contributed by atoms with Gasteiger partial charge < -0.3 is 15.1 Å². The first-order chi connectivity index (χ1) is 11.6. The summed E-state index contributed by atoms with van der Waals surface area (Å²) in [5.74, 6) is 0.913. The number of nitrogens with zero attached hydrogens (tertiary/aromatic N) is 2. The van der Waals surface area contributed by atoms with Crippen LogP contribution in [0.5, 0.6) is 0 Å². The Morgan fingerprint density at radius 1 is 1.04 bits per heavy atom. The zero-order chi connectivity index (χ0) is 16.9. The number of hydrogen-bond acceptors (Lipinski definition) is 3. The molecule has 2 aliphatic heterocycles. The lowest BCUT2D eigenvalue weighted by atomic mass is 9.92. The Morgan fingerprint density at radius 3 is 2.46 bits per heavy atom. The van der Waals surface area contributed by atoms with Gasteiger partial charge in [-0.2, -0.15) is 0 Å². The molecule has 24 heavy (non-hydrogen) atoms. The number of hydrogen-bond donors (Lipinski definition) is 1. The highest BCUT2D eigenvalue weighted by Crippen LogP contribution is 2.23. The third kappa shape index (κ3) is 4.95. The number of piperidine rings is 2. The first-order valence-corrected chi connectivity index (χ1v) is 9.47. The molecule has 0 unspecified atom stereocenters. The van der Waals surface area contributed by atoms with Crippen LogP contribution in [-0.4, -0.2) is 59.7 Å². The van der Waals surface area contributed by atoms with E-state index in [-0.39, 0.29) is 24.3 Å². The van der Waals surface area contributed by atoms with E-state index in [0.717, 1.165) is 64.6 Å². The van der Waals surface area contributed by atoms with Crippen molar-refractivity contribution >= 4 is 17.7 Å². The first kappa shape index (κ1) is 17.2. The Kier molecular flexibility index (Phi) is 5.74. The summed E-state index contributed by atoms with van der Waals surface area (Å²) in [6.45, 7) is 2.48. The highest BCUT2D eigenvalue weighted by Gasteiger charge is 2.27. The van der Waals surface area contributed by atoms with E-state index in [1.807, 2.05) is 4.90 Å². The van der Waals surface area contributed by atoms with E-state index >= 15 is 0 Å². The van der Waals surface area contributed by atoms with Crippen LogP contribution in [0.1, 0.15) is 57.8 Å². The van der Waals surface area contributed by atoms with E-state index in [1.54, 1.807) is 4.90 Å². The fourth-order valence-corrected chi connectivity index (χ4v) is 3.63. The fourth-order valence-electron chi connectivity index (χ4n) is 3.63. The minimum atomic E-state index is 0.0789. The molecule has 6 nitrogen and oxygen atoms in total. The van der Waals surface area contributed by atoms with Crippen LogP contribution in [-0.2, 0) is 14.4 Å². The van der Waals surface area contributed by atoms with Crippen LogP contribution in [0.2, 0.25) is 0 Å². The molecular weight excluding hydrogens is 306 g/mol. The zero-order valence-corrected chi connectivity index (χ0v) is 14.5. The fraction of sp³-hybridized carbons (Fsp3) is 0.833. The number of amides is 3. The van der Waals surface area contributed by atoms with Crippen LogP contribution in [0.15, 0.2) is 0 Å². The monoisotopic (exact) mass is 335 g/mol. The van der Waals surface area contributed by atoms with E-state index in [4.69, 9.17) is 0 Å². The van der Waals surface area contributed by atoms with E-state index in [0.29, 0.717) is 24.8 Å². The molecule has 3 rings (SSSR count). The lowest BCUT2D eigenvalue weighted by molar-refractivity contribution is -0.142. The molecule has 3 aliphatic rings. The average molecular weight is 335 g/mol. The zero-order valence-electron chi connectivity index (χ0n) is 14.5. The standard InChI is InChI=1S/C18H29N3O3/c22-16(19-15-5-6-15)7-4-14-8-11-20(12-9-14)18(24)13-21-10-2-1-3-17(21)23/h14-15H,1-13H2,(H,19,22). The summed E-state index contributed by atoms with van der Waals surface area (Å²) in [7, 11) is 0. The van der Waals surface area contributed by atoms with Gasteiger partial charge in [-0.05, 0) is 50.9 Å². The highest BCUT2D eigenvalue weighted by atomic mass is 16.2. The molecule has 0 aromatic carbocycles. The van der Waals surface area contributed by atoms with E-state index in [2.05, 4.69) is 5.32 Å². The Hall–Kier alpha value is -1.59. The molecule has 0 aromatic rings. The molecule has 0 bridgehead atoms. The minimum absolute atomic E-state index is 0.0789. The summed E-state index contributed by atoms with van der Waals surface area (Å²) in [6.07, 6.45) is 8.26. The Balaban J connectivity index is 1.34. The lowest BCUT2D eigenvalue weighted by Crippen LogP contribution is -2.47. The van der Waals surface area contributed by atoms with Gasteiger partial charge in [-0.15, -0.1) is 0 Å². The molecule has 1 saturated carbocycles. The molecule has 3 fully saturated rings. The van der Waals surface area contributed by atoms with Gasteiger partial charge in [-0.3, -0.25) is 14.4 Å². The van der Waals surface area contributed by atoms with Crippen LogP contribution in [0, 0.1) is 5.92 Å². The molecule has 1 aliphatic carbocycles. The van der Waals surface area contributed by atoms with Crippen molar-refractivity contribution < 1.29 is 14.4 Å². The number of nitrogens with one attached hydrogen (secondary N) is 1. The van der Waals surface area contributed by atoms with Crippen LogP contribution in [0.3, 0.4) is 0 Å². The molecule has 6 heteroatoms. The average Bonchev–Trinajstić information content (AvgIpc) is 3.39. The van der Waals surface area contributed by atoms with Crippen molar-refractivity contribution in [2.75, 3.05) is 26.2 Å². The van der Waals surface area contributed by atoms with Gasteiger partial charge in [0, 0.05) is 38.5 Å². The summed E-state index contributed by atoms with van der Waals surface area (Å²) in [5, 5.41) is 3.03. The van der Waals surface area contributed by atoms with Crippen LogP contribution in [0.4, 0.5) is 0 Å². The summed E-state index contributed by atoms with van der Waals surface area (Å²) in [4.78, 5) is 39.5. The maximum atomic E-state index is 12.4. The maximum Gasteiger partial charge on any atom is 0.242 e. The molecular formula is C18H29N3O3. The van der Waals surface area contributed by atoms with Crippen molar-refractivity contribution in [1.29, 1.82) is 0 Å². The lowest BCUT2D eigenvalue weighted by Gasteiger charge is -2.34. The summed E-state index contributed by atoms with van der Waals surface area (Å²) in [6, 6.07) is 0.439. The molecule has 1 N–H and O–H groups in total. The molecule has 0 atom stereocenters. The molecule has 0 radical (unpaired) electrons. The third-order valence-electron chi connectivity index (χ3n) is 5.44. The van der Waals surface area contributed by atoms with Gasteiger partial charge in [0.15, 0.2) is 0 Å². The van der Waals surface area contributed by atoms with E-state index in [9.17, 15) is 14.4 Å². The smallest absolute Gasteiger partial charge is 0.242 e. The van der Waals surface area contributed by atoms with Crippen LogP contribution in [0.25, 0.3) is 0 Å². The number of likely N-dealkylation sites (tertiary alicyclic amines) is 2. The maximum absolute atomic E-state index is 12.4. The molecule has 134 valence electrons. The van der Waals surface area contributed by atoms with Gasteiger partial charge in [0.1, 0.15) is 0 Å². The van der Waals surface area contributed by atoms with Crippen LogP contribution >= 0.6 is 0 Å². The van der Waals surface area contributed by atoms with Crippen LogP contribution < -0.4 is 5.32 Å². The Labute approximate surface area is 143 Å². The molecule has 0 spiro atoms. The van der Waals surface area contributed by atoms with Gasteiger partial charge in [0.25, 0.3) is 0 Å². The van der Waals surface area contributed by atoms with E-state index in [1.165, 1.54) is 0 Å². The predicted molar refractivity (Wildman–Crippen MR) is 90.1 cm³/mol. The second kappa shape index (κ2) is 7.99. The second-order valence-corrected chi connectivity index (χ2v) is 7.48. The van der Waals surface area contributed by atoms with Crippen molar-refractivity contribution in [3.05, 3.63) is 0 Å². The van der Waals surface area contributed by atoms with Crippen molar-refractivity contribution in [1.82, 2.24) is 15.1 Å². The van der Waals surface area contributed by atoms with Crippen molar-refractivity contribution in [2.24, 2.45) is 5.92 Å². The molecule has 3 amide bonds. The first-order valence-electron chi connectivity index (χ1n) is 9.47. The topological polar surface area (TPSA) is 69.7 Å². The highest BCUT2D eigenvalue weighted by molar-refractivity contribution is 5.85. The summed E-state index contributed by atoms with van der Waals surface area (Å²) >= 11 is 0. The summed E-state index contributed by atoms with van der Waals surface area (Å²) < 4.78 is 0. The molecule has 2 heterocycles. The van der Waals surface area contributed by atoms with Gasteiger partial charge in [-0.25, -0.2) is 0 Å². The van der Waals surface area contributed by atoms with Gasteiger partial charge in [0.2, 0.25) is 17.7 Å². The van der Waals surface area contributed by atoms with Gasteiger partial charge in [-0.1, -0.05) is 0 Å². The van der Waals surface area contributed by atoms with Crippen molar-refractivity contribution in [3.63, 3.8) is 0 Å². The third-order valence-corrected chi connectivity index (χ3v) is 5.44. The predicted octanol–water partition coefficient (Wildman–Crippen LogP) is 1.30. The molecule has 2 saturated heterocycles. The van der Waals surface area contributed by atoms with Gasteiger partial charge in [0.05, 0.1) is 6.54 Å². The second-order valence-electron chi connectivity index (χ2n) is 7.48. The quantitative estimate of drug-likeness (QED) is 0.795. The Morgan fingerprint density at radius 2 is 1.79 bits per heavy atom. The SMILES string of the molecule is O=C(CCC1CCN(C(=O)CN2CCCCC2=O)CC1)NC1CC1. The minimum Gasteiger partial charge on any atom is -0.353 e.